The van der Waals surface area contributed by atoms with Crippen LogP contribution >= 0.6 is 0 Å². The number of nitrogens with two attached hydrogens (primary N) is 1. The molecular formula is C7H14N2. The van der Waals surface area contributed by atoms with Crippen molar-refractivity contribution in [1.82, 2.24) is 5.01 Å². The lowest BCUT2D eigenvalue weighted by atomic mass is 9.95. The van der Waals surface area contributed by atoms with Gasteiger partial charge in [-0.05, 0) is 26.7 Å². The monoisotopic (exact) mass is 126 g/mol. The first-order valence-electron chi connectivity index (χ1n) is 3.34. The lowest BCUT2D eigenvalue weighted by Gasteiger charge is -2.36. The molecule has 0 aromatic heterocycles. The van der Waals surface area contributed by atoms with Gasteiger partial charge in [0.15, 0.2) is 0 Å². The normalized spacial score (nSPS) is 24.6. The Morgan fingerprint density at radius 2 is 2.22 bits per heavy atom. The molecule has 0 saturated carbocycles. The summed E-state index contributed by atoms with van der Waals surface area (Å²) in [4.78, 5) is 0. The molecular weight excluding hydrogens is 112 g/mol. The third kappa shape index (κ3) is 1.24. The van der Waals surface area contributed by atoms with Crippen LogP contribution in [0.3, 0.4) is 0 Å². The Labute approximate surface area is 56.3 Å². The summed E-state index contributed by atoms with van der Waals surface area (Å²) in [5, 5.41) is 1.77. The van der Waals surface area contributed by atoms with Gasteiger partial charge in [0, 0.05) is 6.20 Å². The van der Waals surface area contributed by atoms with Crippen molar-refractivity contribution in [1.29, 1.82) is 0 Å². The van der Waals surface area contributed by atoms with Gasteiger partial charge >= 0.3 is 0 Å². The Morgan fingerprint density at radius 3 is 2.56 bits per heavy atom. The second-order valence-electron chi connectivity index (χ2n) is 3.14. The lowest BCUT2D eigenvalue weighted by molar-refractivity contribution is 0.165. The summed E-state index contributed by atoms with van der Waals surface area (Å²) >= 11 is 0. The van der Waals surface area contributed by atoms with Gasteiger partial charge in [-0.1, -0.05) is 6.08 Å². The first-order chi connectivity index (χ1) is 4.13. The fraction of sp³-hybridized carbons (Fsp3) is 0.714. The fourth-order valence-corrected chi connectivity index (χ4v) is 0.956. The number of rotatable bonds is 0. The van der Waals surface area contributed by atoms with E-state index < -0.39 is 0 Å². The maximum atomic E-state index is 5.66. The zero-order valence-corrected chi connectivity index (χ0v) is 6.09. The Bertz CT molecular complexity index is 127. The number of hydrogen-bond donors (Lipinski definition) is 1. The third-order valence-corrected chi connectivity index (χ3v) is 1.89. The second kappa shape index (κ2) is 2.03. The molecule has 0 saturated heterocycles. The summed E-state index contributed by atoms with van der Waals surface area (Å²) in [6, 6.07) is 0. The number of hydrazine groups is 1. The Kier molecular flexibility index (Phi) is 1.49. The van der Waals surface area contributed by atoms with Crippen LogP contribution in [0.5, 0.6) is 0 Å². The molecule has 1 aliphatic heterocycles. The largest absolute Gasteiger partial charge is 0.313 e. The highest BCUT2D eigenvalue weighted by Crippen LogP contribution is 2.21. The van der Waals surface area contributed by atoms with E-state index in [4.69, 9.17) is 5.84 Å². The van der Waals surface area contributed by atoms with Crippen molar-refractivity contribution in [2.75, 3.05) is 0 Å². The minimum atomic E-state index is 0.161. The van der Waals surface area contributed by atoms with Crippen molar-refractivity contribution in [2.45, 2.75) is 32.2 Å². The van der Waals surface area contributed by atoms with Crippen molar-refractivity contribution >= 4 is 0 Å². The molecule has 0 bridgehead atoms. The molecule has 2 N–H and O–H groups in total. The zero-order valence-electron chi connectivity index (χ0n) is 6.09. The minimum absolute atomic E-state index is 0.161. The molecule has 1 rings (SSSR count). The van der Waals surface area contributed by atoms with Gasteiger partial charge in [-0.25, -0.2) is 5.84 Å². The molecule has 0 fully saturated rings. The Morgan fingerprint density at radius 1 is 1.56 bits per heavy atom. The molecule has 1 heterocycles. The lowest BCUT2D eigenvalue weighted by Crippen LogP contribution is -2.46. The second-order valence-corrected chi connectivity index (χ2v) is 3.14. The maximum absolute atomic E-state index is 5.66. The van der Waals surface area contributed by atoms with Crippen LogP contribution in [0.15, 0.2) is 12.3 Å². The smallest absolute Gasteiger partial charge is 0.0501 e. The fourth-order valence-electron chi connectivity index (χ4n) is 0.956. The molecule has 0 aromatic carbocycles. The standard InChI is InChI=1S/C7H14N2/c1-7(2)5-3-4-6-9(7)8/h4,6H,3,5,8H2,1-2H3. The highest BCUT2D eigenvalue weighted by atomic mass is 15.4. The van der Waals surface area contributed by atoms with E-state index in [2.05, 4.69) is 19.9 Å². The molecule has 0 amide bonds. The first kappa shape index (κ1) is 6.62. The third-order valence-electron chi connectivity index (χ3n) is 1.89. The van der Waals surface area contributed by atoms with Crippen LogP contribution in [-0.2, 0) is 0 Å². The van der Waals surface area contributed by atoms with Crippen molar-refractivity contribution in [3.63, 3.8) is 0 Å². The van der Waals surface area contributed by atoms with Crippen LogP contribution in [0.25, 0.3) is 0 Å². The number of hydrogen-bond acceptors (Lipinski definition) is 2. The summed E-state index contributed by atoms with van der Waals surface area (Å²) in [7, 11) is 0. The van der Waals surface area contributed by atoms with E-state index in [0.29, 0.717) is 0 Å². The first-order valence-corrected chi connectivity index (χ1v) is 3.34. The summed E-state index contributed by atoms with van der Waals surface area (Å²) in [6.45, 7) is 4.30. The van der Waals surface area contributed by atoms with E-state index in [1.54, 1.807) is 5.01 Å². The average Bonchev–Trinajstić information content (AvgIpc) is 1.77. The van der Waals surface area contributed by atoms with Gasteiger partial charge in [-0.2, -0.15) is 0 Å². The Balaban J connectivity index is 2.66. The summed E-state index contributed by atoms with van der Waals surface area (Å²) < 4.78 is 0. The van der Waals surface area contributed by atoms with Gasteiger partial charge in [0.05, 0.1) is 5.54 Å². The van der Waals surface area contributed by atoms with E-state index in [9.17, 15) is 0 Å². The minimum Gasteiger partial charge on any atom is -0.313 e. The molecule has 0 unspecified atom stereocenters. The van der Waals surface area contributed by atoms with Crippen LogP contribution in [0.2, 0.25) is 0 Å². The quantitative estimate of drug-likeness (QED) is 0.495. The molecule has 2 nitrogen and oxygen atoms in total. The zero-order chi connectivity index (χ0) is 6.91. The predicted molar refractivity (Wildman–Crippen MR) is 38.5 cm³/mol. The summed E-state index contributed by atoms with van der Waals surface area (Å²) in [5.74, 6) is 5.66. The molecule has 0 atom stereocenters. The van der Waals surface area contributed by atoms with Crippen molar-refractivity contribution in [2.24, 2.45) is 5.84 Å². The van der Waals surface area contributed by atoms with Gasteiger partial charge in [0.2, 0.25) is 0 Å². The van der Waals surface area contributed by atoms with Crippen LogP contribution in [0.1, 0.15) is 26.7 Å². The summed E-state index contributed by atoms with van der Waals surface area (Å²) in [5.41, 5.74) is 0.161. The van der Waals surface area contributed by atoms with Gasteiger partial charge in [0.1, 0.15) is 0 Å². The average molecular weight is 126 g/mol. The van der Waals surface area contributed by atoms with Crippen molar-refractivity contribution in [3.05, 3.63) is 12.3 Å². The molecule has 1 aliphatic rings. The van der Waals surface area contributed by atoms with E-state index in [1.165, 1.54) is 0 Å². The van der Waals surface area contributed by atoms with Gasteiger partial charge < -0.3 is 5.01 Å². The molecule has 0 aliphatic carbocycles. The van der Waals surface area contributed by atoms with Crippen LogP contribution in [-0.4, -0.2) is 10.5 Å². The molecule has 2 heteroatoms. The van der Waals surface area contributed by atoms with Crippen molar-refractivity contribution in [3.8, 4) is 0 Å². The highest BCUT2D eigenvalue weighted by molar-refractivity contribution is 4.95. The molecule has 0 radical (unpaired) electrons. The Hall–Kier alpha value is -0.500. The maximum Gasteiger partial charge on any atom is 0.0501 e. The van der Waals surface area contributed by atoms with E-state index >= 15 is 0 Å². The number of allylic oxidation sites excluding steroid dienone is 1. The molecule has 0 aromatic rings. The van der Waals surface area contributed by atoms with Crippen molar-refractivity contribution < 1.29 is 0 Å². The van der Waals surface area contributed by atoms with Crippen LogP contribution in [0, 0.1) is 0 Å². The van der Waals surface area contributed by atoms with Crippen LogP contribution in [0.4, 0.5) is 0 Å². The van der Waals surface area contributed by atoms with E-state index in [0.717, 1.165) is 12.8 Å². The van der Waals surface area contributed by atoms with E-state index in [1.807, 2.05) is 6.20 Å². The highest BCUT2D eigenvalue weighted by Gasteiger charge is 2.22. The van der Waals surface area contributed by atoms with Crippen LogP contribution < -0.4 is 5.84 Å². The SMILES string of the molecule is CC1(C)CCC=CN1N. The van der Waals surface area contributed by atoms with Gasteiger partial charge in [-0.15, -0.1) is 0 Å². The molecule has 9 heavy (non-hydrogen) atoms. The van der Waals surface area contributed by atoms with Gasteiger partial charge in [0.25, 0.3) is 0 Å². The summed E-state index contributed by atoms with van der Waals surface area (Å²) in [6.07, 6.45) is 6.36. The van der Waals surface area contributed by atoms with E-state index in [-0.39, 0.29) is 5.54 Å². The topological polar surface area (TPSA) is 29.3 Å². The van der Waals surface area contributed by atoms with Gasteiger partial charge in [-0.3, -0.25) is 0 Å². The number of nitrogens with zero attached hydrogens (tertiary/aromatic N) is 1. The predicted octanol–water partition coefficient (Wildman–Crippen LogP) is 1.25. The molecule has 52 valence electrons. The molecule has 0 spiro atoms.